The molecule has 6 nitrogen and oxygen atoms in total. The highest BCUT2D eigenvalue weighted by Crippen LogP contribution is 2.32. The summed E-state index contributed by atoms with van der Waals surface area (Å²) >= 11 is 0. The highest BCUT2D eigenvalue weighted by Gasteiger charge is 2.43. The predicted molar refractivity (Wildman–Crippen MR) is 90.2 cm³/mol. The molecule has 1 saturated heterocycles. The van der Waals surface area contributed by atoms with Crippen molar-refractivity contribution in [3.8, 4) is 0 Å². The number of hydrogen-bond acceptors (Lipinski definition) is 5. The van der Waals surface area contributed by atoms with Crippen LogP contribution in [0.5, 0.6) is 0 Å². The SMILES string of the molecule is Cc1ccc(C(C(=O)O)N2CCC(C(=O)OC(C)(C)C)C2N)cc1. The van der Waals surface area contributed by atoms with E-state index in [1.807, 2.05) is 19.1 Å². The Labute approximate surface area is 142 Å². The van der Waals surface area contributed by atoms with Gasteiger partial charge in [0.05, 0.1) is 12.1 Å². The fraction of sp³-hybridized carbons (Fsp3) is 0.556. The Hall–Kier alpha value is -1.92. The minimum Gasteiger partial charge on any atom is -0.480 e. The van der Waals surface area contributed by atoms with Gasteiger partial charge in [0.15, 0.2) is 0 Å². The lowest BCUT2D eigenvalue weighted by Crippen LogP contribution is -2.47. The number of carboxylic acids is 1. The van der Waals surface area contributed by atoms with Gasteiger partial charge in [-0.2, -0.15) is 0 Å². The summed E-state index contributed by atoms with van der Waals surface area (Å²) in [5.74, 6) is -1.86. The molecule has 2 rings (SSSR count). The van der Waals surface area contributed by atoms with Crippen molar-refractivity contribution in [2.45, 2.75) is 51.9 Å². The molecule has 132 valence electrons. The van der Waals surface area contributed by atoms with E-state index in [-0.39, 0.29) is 5.97 Å². The molecule has 1 aromatic rings. The van der Waals surface area contributed by atoms with Gasteiger partial charge in [0.2, 0.25) is 0 Å². The maximum Gasteiger partial charge on any atom is 0.325 e. The molecule has 0 radical (unpaired) electrons. The minimum absolute atomic E-state index is 0.370. The fourth-order valence-electron chi connectivity index (χ4n) is 3.00. The molecular formula is C18H26N2O4. The summed E-state index contributed by atoms with van der Waals surface area (Å²) in [7, 11) is 0. The molecule has 24 heavy (non-hydrogen) atoms. The van der Waals surface area contributed by atoms with Crippen LogP contribution in [-0.4, -0.2) is 40.3 Å². The van der Waals surface area contributed by atoms with Gasteiger partial charge in [0.25, 0.3) is 0 Å². The van der Waals surface area contributed by atoms with Crippen LogP contribution >= 0.6 is 0 Å². The monoisotopic (exact) mass is 334 g/mol. The van der Waals surface area contributed by atoms with E-state index in [0.717, 1.165) is 5.56 Å². The number of carbonyl (C=O) groups is 2. The Morgan fingerprint density at radius 1 is 1.29 bits per heavy atom. The maximum absolute atomic E-state index is 12.3. The van der Waals surface area contributed by atoms with Crippen LogP contribution in [0.25, 0.3) is 0 Å². The van der Waals surface area contributed by atoms with Gasteiger partial charge in [0, 0.05) is 6.54 Å². The molecule has 0 aliphatic carbocycles. The number of aliphatic carboxylic acids is 1. The third-order valence-corrected chi connectivity index (χ3v) is 4.16. The second-order valence-electron chi connectivity index (χ2n) is 7.31. The third kappa shape index (κ3) is 4.13. The first-order valence-corrected chi connectivity index (χ1v) is 8.14. The van der Waals surface area contributed by atoms with Crippen LogP contribution in [0.15, 0.2) is 24.3 Å². The summed E-state index contributed by atoms with van der Waals surface area (Å²) in [5.41, 5.74) is 7.34. The Bertz CT molecular complexity index is 606. The zero-order valence-electron chi connectivity index (χ0n) is 14.7. The molecule has 1 aliphatic heterocycles. The van der Waals surface area contributed by atoms with E-state index in [1.54, 1.807) is 37.8 Å². The lowest BCUT2D eigenvalue weighted by Gasteiger charge is -2.30. The van der Waals surface area contributed by atoms with E-state index >= 15 is 0 Å². The first-order chi connectivity index (χ1) is 11.1. The molecule has 3 atom stereocenters. The highest BCUT2D eigenvalue weighted by atomic mass is 16.6. The largest absolute Gasteiger partial charge is 0.480 e. The second-order valence-corrected chi connectivity index (χ2v) is 7.31. The van der Waals surface area contributed by atoms with Crippen molar-refractivity contribution in [2.24, 2.45) is 11.7 Å². The van der Waals surface area contributed by atoms with E-state index in [9.17, 15) is 14.7 Å². The number of rotatable bonds is 4. The van der Waals surface area contributed by atoms with Gasteiger partial charge >= 0.3 is 11.9 Å². The van der Waals surface area contributed by atoms with Crippen molar-refractivity contribution >= 4 is 11.9 Å². The first kappa shape index (κ1) is 18.4. The van der Waals surface area contributed by atoms with Crippen LogP contribution in [0.1, 0.15) is 44.4 Å². The molecule has 0 aromatic heterocycles. The minimum atomic E-state index is -0.973. The highest BCUT2D eigenvalue weighted by molar-refractivity contribution is 5.77. The Morgan fingerprint density at radius 2 is 1.88 bits per heavy atom. The van der Waals surface area contributed by atoms with Gasteiger partial charge in [-0.3, -0.25) is 14.5 Å². The van der Waals surface area contributed by atoms with Gasteiger partial charge in [-0.15, -0.1) is 0 Å². The normalized spacial score (nSPS) is 23.0. The van der Waals surface area contributed by atoms with Crippen LogP contribution in [-0.2, 0) is 14.3 Å². The summed E-state index contributed by atoms with van der Waals surface area (Å²) in [5, 5.41) is 9.67. The van der Waals surface area contributed by atoms with Crippen molar-refractivity contribution in [2.75, 3.05) is 6.54 Å². The molecule has 0 spiro atoms. The first-order valence-electron chi connectivity index (χ1n) is 8.14. The van der Waals surface area contributed by atoms with Crippen molar-refractivity contribution < 1.29 is 19.4 Å². The zero-order chi connectivity index (χ0) is 18.1. The van der Waals surface area contributed by atoms with Crippen molar-refractivity contribution in [3.63, 3.8) is 0 Å². The molecule has 1 aliphatic rings. The van der Waals surface area contributed by atoms with Gasteiger partial charge in [0.1, 0.15) is 11.6 Å². The van der Waals surface area contributed by atoms with Crippen LogP contribution in [0.3, 0.4) is 0 Å². The lowest BCUT2D eigenvalue weighted by molar-refractivity contribution is -0.161. The summed E-state index contributed by atoms with van der Waals surface area (Å²) in [6, 6.07) is 6.47. The number of hydrogen-bond donors (Lipinski definition) is 2. The number of carbonyl (C=O) groups excluding carboxylic acids is 1. The molecule has 1 aromatic carbocycles. The number of benzene rings is 1. The van der Waals surface area contributed by atoms with Gasteiger partial charge in [-0.25, -0.2) is 0 Å². The van der Waals surface area contributed by atoms with Crippen LogP contribution in [0.2, 0.25) is 0 Å². The summed E-state index contributed by atoms with van der Waals surface area (Å²) in [6.45, 7) is 7.79. The van der Waals surface area contributed by atoms with Crippen molar-refractivity contribution in [1.82, 2.24) is 4.90 Å². The lowest BCUT2D eigenvalue weighted by atomic mass is 10.0. The second kappa shape index (κ2) is 6.91. The van der Waals surface area contributed by atoms with Gasteiger partial charge in [-0.05, 0) is 39.7 Å². The van der Waals surface area contributed by atoms with Crippen LogP contribution in [0.4, 0.5) is 0 Å². The van der Waals surface area contributed by atoms with E-state index < -0.39 is 29.7 Å². The van der Waals surface area contributed by atoms with E-state index in [2.05, 4.69) is 0 Å². The van der Waals surface area contributed by atoms with Crippen molar-refractivity contribution in [1.29, 1.82) is 0 Å². The van der Waals surface area contributed by atoms with Gasteiger partial charge in [-0.1, -0.05) is 29.8 Å². The maximum atomic E-state index is 12.3. The molecule has 3 N–H and O–H groups in total. The fourth-order valence-corrected chi connectivity index (χ4v) is 3.00. The van der Waals surface area contributed by atoms with Gasteiger partial charge < -0.3 is 15.6 Å². The average molecular weight is 334 g/mol. The number of likely N-dealkylation sites (tertiary alicyclic amines) is 1. The molecule has 3 unspecified atom stereocenters. The third-order valence-electron chi connectivity index (χ3n) is 4.16. The molecule has 6 heteroatoms. The number of carboxylic acid groups (broad SMARTS) is 1. The number of esters is 1. The number of nitrogens with zero attached hydrogens (tertiary/aromatic N) is 1. The Balaban J connectivity index is 2.19. The van der Waals surface area contributed by atoms with E-state index in [0.29, 0.717) is 18.5 Å². The Kier molecular flexibility index (Phi) is 5.30. The van der Waals surface area contributed by atoms with Crippen LogP contribution in [0, 0.1) is 12.8 Å². The zero-order valence-corrected chi connectivity index (χ0v) is 14.7. The Morgan fingerprint density at radius 3 is 2.38 bits per heavy atom. The molecule has 1 fully saturated rings. The van der Waals surface area contributed by atoms with E-state index in [1.165, 1.54) is 0 Å². The standard InChI is InChI=1S/C18H26N2O4/c1-11-5-7-12(8-6-11)14(16(21)22)20-10-9-13(15(20)19)17(23)24-18(2,3)4/h5-8,13-15H,9-10,19H2,1-4H3,(H,21,22). The van der Waals surface area contributed by atoms with Crippen LogP contribution < -0.4 is 5.73 Å². The molecule has 0 saturated carbocycles. The predicted octanol–water partition coefficient (Wildman–Crippen LogP) is 2.07. The summed E-state index contributed by atoms with van der Waals surface area (Å²) in [4.78, 5) is 25.8. The molecule has 0 amide bonds. The van der Waals surface area contributed by atoms with Crippen molar-refractivity contribution in [3.05, 3.63) is 35.4 Å². The smallest absolute Gasteiger partial charge is 0.325 e. The quantitative estimate of drug-likeness (QED) is 0.819. The average Bonchev–Trinajstić information content (AvgIpc) is 2.81. The summed E-state index contributed by atoms with van der Waals surface area (Å²) < 4.78 is 5.41. The topological polar surface area (TPSA) is 92.9 Å². The molecular weight excluding hydrogens is 308 g/mol. The number of aryl methyl sites for hydroxylation is 1. The summed E-state index contributed by atoms with van der Waals surface area (Å²) in [6.07, 6.45) is -0.187. The van der Waals surface area contributed by atoms with E-state index in [4.69, 9.17) is 10.5 Å². The molecule has 1 heterocycles. The number of ether oxygens (including phenoxy) is 1. The molecule has 0 bridgehead atoms. The number of nitrogens with two attached hydrogens (primary N) is 1.